The molecule has 0 radical (unpaired) electrons. The highest BCUT2D eigenvalue weighted by molar-refractivity contribution is 5.81. The Morgan fingerprint density at radius 2 is 2.08 bits per heavy atom. The maximum Gasteiger partial charge on any atom is 0.249 e. The van der Waals surface area contributed by atoms with Gasteiger partial charge in [0, 0.05) is 44.0 Å². The van der Waals surface area contributed by atoms with Gasteiger partial charge in [-0.3, -0.25) is 4.79 Å². The van der Waals surface area contributed by atoms with Gasteiger partial charge in [-0.2, -0.15) is 0 Å². The Balaban J connectivity index is 1.71. The van der Waals surface area contributed by atoms with Gasteiger partial charge in [0.25, 0.3) is 0 Å². The molecular formula is C19H29FN4O2. The number of anilines is 1. The Morgan fingerprint density at radius 1 is 1.35 bits per heavy atom. The highest BCUT2D eigenvalue weighted by Gasteiger charge is 2.31. The molecule has 6 nitrogen and oxygen atoms in total. The molecule has 1 amide bonds. The standard InChI is InChI=1S/C19H29FN4O2/c1-13(22-19(25)18-6-4-15(12-21)26-18)16-11-14(20)3-5-17(16)24-9-7-23(2)8-10-24/h3,5,11,13,15,18H,4,6-10,12,21H2,1-2H3,(H,22,25)/t13?,15-,18+/m1/s1. The van der Waals surface area contributed by atoms with Crippen molar-refractivity contribution in [1.29, 1.82) is 0 Å². The van der Waals surface area contributed by atoms with E-state index < -0.39 is 6.10 Å². The summed E-state index contributed by atoms with van der Waals surface area (Å²) in [4.78, 5) is 17.0. The van der Waals surface area contributed by atoms with Crippen molar-refractivity contribution in [3.05, 3.63) is 29.6 Å². The number of ether oxygens (including phenoxy) is 1. The zero-order valence-corrected chi connectivity index (χ0v) is 15.6. The average molecular weight is 364 g/mol. The number of carbonyl (C=O) groups excluding carboxylic acids is 1. The second-order valence-electron chi connectivity index (χ2n) is 7.28. The lowest BCUT2D eigenvalue weighted by atomic mass is 10.0. The molecule has 2 aliphatic rings. The second-order valence-corrected chi connectivity index (χ2v) is 7.28. The van der Waals surface area contributed by atoms with Crippen LogP contribution in [0.2, 0.25) is 0 Å². The largest absolute Gasteiger partial charge is 0.369 e. The molecule has 3 N–H and O–H groups in total. The molecule has 0 aliphatic carbocycles. The summed E-state index contributed by atoms with van der Waals surface area (Å²) < 4.78 is 19.6. The molecule has 2 saturated heterocycles. The Morgan fingerprint density at radius 3 is 2.73 bits per heavy atom. The van der Waals surface area contributed by atoms with E-state index in [1.54, 1.807) is 0 Å². The molecule has 2 heterocycles. The van der Waals surface area contributed by atoms with E-state index in [9.17, 15) is 9.18 Å². The summed E-state index contributed by atoms with van der Waals surface area (Å²) in [5.74, 6) is -0.443. The molecule has 26 heavy (non-hydrogen) atoms. The Bertz CT molecular complexity index is 634. The van der Waals surface area contributed by atoms with E-state index in [-0.39, 0.29) is 23.9 Å². The fourth-order valence-electron chi connectivity index (χ4n) is 3.66. The van der Waals surface area contributed by atoms with Crippen LogP contribution < -0.4 is 16.0 Å². The number of nitrogens with one attached hydrogen (secondary N) is 1. The topological polar surface area (TPSA) is 70.8 Å². The van der Waals surface area contributed by atoms with Crippen LogP contribution in [0.4, 0.5) is 10.1 Å². The quantitative estimate of drug-likeness (QED) is 0.823. The van der Waals surface area contributed by atoms with Gasteiger partial charge < -0.3 is 25.6 Å². The van der Waals surface area contributed by atoms with Crippen molar-refractivity contribution in [1.82, 2.24) is 10.2 Å². The Hall–Kier alpha value is -1.70. The molecule has 3 rings (SSSR count). The van der Waals surface area contributed by atoms with Gasteiger partial charge >= 0.3 is 0 Å². The monoisotopic (exact) mass is 364 g/mol. The molecule has 1 aromatic rings. The lowest BCUT2D eigenvalue weighted by Crippen LogP contribution is -2.45. The fourth-order valence-corrected chi connectivity index (χ4v) is 3.66. The first-order chi connectivity index (χ1) is 12.5. The van der Waals surface area contributed by atoms with E-state index in [1.165, 1.54) is 12.1 Å². The first-order valence-corrected chi connectivity index (χ1v) is 9.36. The Kier molecular flexibility index (Phi) is 6.11. The molecule has 144 valence electrons. The molecule has 0 bridgehead atoms. The van der Waals surface area contributed by atoms with E-state index in [0.717, 1.165) is 43.9 Å². The smallest absolute Gasteiger partial charge is 0.249 e. The lowest BCUT2D eigenvalue weighted by Gasteiger charge is -2.36. The third kappa shape index (κ3) is 4.34. The Labute approximate surface area is 154 Å². The highest BCUT2D eigenvalue weighted by Crippen LogP contribution is 2.29. The molecule has 0 spiro atoms. The van der Waals surface area contributed by atoms with E-state index in [2.05, 4.69) is 22.2 Å². The van der Waals surface area contributed by atoms with Crippen LogP contribution in [0.3, 0.4) is 0 Å². The SMILES string of the molecule is CC(NC(=O)[C@@H]1CC[C@H](CN)O1)c1cc(F)ccc1N1CCN(C)CC1. The van der Waals surface area contributed by atoms with E-state index in [4.69, 9.17) is 10.5 Å². The van der Waals surface area contributed by atoms with Crippen LogP contribution >= 0.6 is 0 Å². The summed E-state index contributed by atoms with van der Waals surface area (Å²) >= 11 is 0. The number of nitrogens with two attached hydrogens (primary N) is 1. The molecule has 0 aromatic heterocycles. The van der Waals surface area contributed by atoms with Gasteiger partial charge in [-0.15, -0.1) is 0 Å². The number of rotatable bonds is 5. The summed E-state index contributed by atoms with van der Waals surface area (Å²) in [6, 6.07) is 4.53. The van der Waals surface area contributed by atoms with Crippen molar-refractivity contribution in [2.75, 3.05) is 44.7 Å². The van der Waals surface area contributed by atoms with Crippen LogP contribution in [0.25, 0.3) is 0 Å². The lowest BCUT2D eigenvalue weighted by molar-refractivity contribution is -0.132. The molecule has 2 fully saturated rings. The second kappa shape index (κ2) is 8.33. The zero-order valence-electron chi connectivity index (χ0n) is 15.6. The summed E-state index contributed by atoms with van der Waals surface area (Å²) in [6.45, 7) is 6.03. The maximum atomic E-state index is 13.9. The molecular weight excluding hydrogens is 335 g/mol. The van der Waals surface area contributed by atoms with Gasteiger partial charge in [-0.1, -0.05) is 0 Å². The number of hydrogen-bond acceptors (Lipinski definition) is 5. The summed E-state index contributed by atoms with van der Waals surface area (Å²) in [5, 5.41) is 2.99. The van der Waals surface area contributed by atoms with Gasteiger partial charge in [0.2, 0.25) is 5.91 Å². The predicted octanol–water partition coefficient (Wildman–Crippen LogP) is 1.26. The van der Waals surface area contributed by atoms with Crippen LogP contribution in [0.15, 0.2) is 18.2 Å². The highest BCUT2D eigenvalue weighted by atomic mass is 19.1. The van der Waals surface area contributed by atoms with Gasteiger partial charge in [0.15, 0.2) is 0 Å². The molecule has 1 unspecified atom stereocenters. The van der Waals surface area contributed by atoms with Crippen LogP contribution in [-0.2, 0) is 9.53 Å². The van der Waals surface area contributed by atoms with Gasteiger partial charge in [0.1, 0.15) is 11.9 Å². The van der Waals surface area contributed by atoms with Crippen molar-refractivity contribution >= 4 is 11.6 Å². The maximum absolute atomic E-state index is 13.9. The number of benzene rings is 1. The van der Waals surface area contributed by atoms with Crippen molar-refractivity contribution in [3.8, 4) is 0 Å². The molecule has 1 aromatic carbocycles. The summed E-state index contributed by atoms with van der Waals surface area (Å²) in [6.07, 6.45) is 0.965. The van der Waals surface area contributed by atoms with Gasteiger partial charge in [-0.25, -0.2) is 4.39 Å². The van der Waals surface area contributed by atoms with Crippen molar-refractivity contribution in [2.24, 2.45) is 5.73 Å². The van der Waals surface area contributed by atoms with Crippen LogP contribution in [0.5, 0.6) is 0 Å². The molecule has 2 aliphatic heterocycles. The number of carbonyl (C=O) groups is 1. The predicted molar refractivity (Wildman–Crippen MR) is 99.6 cm³/mol. The summed E-state index contributed by atoms with van der Waals surface area (Å²) in [7, 11) is 2.10. The molecule has 7 heteroatoms. The van der Waals surface area contributed by atoms with Gasteiger partial charge in [-0.05, 0) is 45.0 Å². The number of halogens is 1. The fraction of sp³-hybridized carbons (Fsp3) is 0.632. The first kappa shape index (κ1) is 19.1. The van der Waals surface area contributed by atoms with Crippen molar-refractivity contribution < 1.29 is 13.9 Å². The average Bonchev–Trinajstić information content (AvgIpc) is 3.12. The van der Waals surface area contributed by atoms with Gasteiger partial charge in [0.05, 0.1) is 12.1 Å². The number of hydrogen-bond donors (Lipinski definition) is 2. The normalized spacial score (nSPS) is 25.3. The summed E-state index contributed by atoms with van der Waals surface area (Å²) in [5.41, 5.74) is 7.40. The van der Waals surface area contributed by atoms with E-state index >= 15 is 0 Å². The minimum Gasteiger partial charge on any atom is -0.369 e. The van der Waals surface area contributed by atoms with E-state index in [0.29, 0.717) is 13.0 Å². The van der Waals surface area contributed by atoms with Crippen LogP contribution in [-0.4, -0.2) is 62.8 Å². The molecule has 0 saturated carbocycles. The molecule has 3 atom stereocenters. The number of likely N-dealkylation sites (N-methyl/N-ethyl adjacent to an activating group) is 1. The van der Waals surface area contributed by atoms with Crippen LogP contribution in [0.1, 0.15) is 31.4 Å². The van der Waals surface area contributed by atoms with Crippen molar-refractivity contribution in [2.45, 2.75) is 38.0 Å². The zero-order chi connectivity index (χ0) is 18.7. The van der Waals surface area contributed by atoms with Crippen molar-refractivity contribution in [3.63, 3.8) is 0 Å². The first-order valence-electron chi connectivity index (χ1n) is 9.36. The third-order valence-electron chi connectivity index (χ3n) is 5.32. The number of piperazine rings is 1. The minimum atomic E-state index is -0.466. The number of amides is 1. The third-order valence-corrected chi connectivity index (χ3v) is 5.32. The van der Waals surface area contributed by atoms with Crippen LogP contribution in [0, 0.1) is 5.82 Å². The number of nitrogens with zero attached hydrogens (tertiary/aromatic N) is 2. The minimum absolute atomic E-state index is 0.0453. The van der Waals surface area contributed by atoms with E-state index in [1.807, 2.05) is 13.0 Å².